The SMILES string of the molecule is C#CCCC(=O)N1CCN(C(=O)CCCCCCC/C=C\CCCCCCC(C)O[C@@H]2O[C@H](CO)[C@@H](O)[C@H](O)[C@H]2O[C@@H]2O[C@H](CO)[C@@H](O)[C@H](O)[C@H]2O)CC1. The molecular formula is C39H66N2O13. The summed E-state index contributed by atoms with van der Waals surface area (Å²) in [6, 6.07) is 0. The molecule has 3 rings (SSSR count). The zero-order valence-corrected chi connectivity index (χ0v) is 31.9. The van der Waals surface area contributed by atoms with Crippen LogP contribution in [-0.2, 0) is 28.5 Å². The Morgan fingerprint density at radius 3 is 1.78 bits per heavy atom. The lowest BCUT2D eigenvalue weighted by atomic mass is 9.97. The average Bonchev–Trinajstić information content (AvgIpc) is 3.17. The zero-order chi connectivity index (χ0) is 39.5. The topological polar surface area (TPSA) is 219 Å². The average molecular weight is 771 g/mol. The number of terminal acetylenes is 1. The highest BCUT2D eigenvalue weighted by atomic mass is 16.8. The van der Waals surface area contributed by atoms with Crippen molar-refractivity contribution in [2.24, 2.45) is 0 Å². The van der Waals surface area contributed by atoms with Gasteiger partial charge in [0.05, 0.1) is 19.3 Å². The number of aliphatic hydroxyl groups is 7. The Kier molecular flexibility index (Phi) is 21.5. The van der Waals surface area contributed by atoms with Gasteiger partial charge in [0.15, 0.2) is 12.6 Å². The minimum absolute atomic E-state index is 0.0712. The first-order valence-corrected chi connectivity index (χ1v) is 19.9. The van der Waals surface area contributed by atoms with Gasteiger partial charge in [0.25, 0.3) is 0 Å². The first-order chi connectivity index (χ1) is 26.0. The van der Waals surface area contributed by atoms with Gasteiger partial charge in [-0.15, -0.1) is 12.3 Å². The molecule has 15 nitrogen and oxygen atoms in total. The van der Waals surface area contributed by atoms with Gasteiger partial charge in [-0.25, -0.2) is 0 Å². The highest BCUT2D eigenvalue weighted by Crippen LogP contribution is 2.30. The van der Waals surface area contributed by atoms with E-state index in [1.165, 1.54) is 0 Å². The van der Waals surface area contributed by atoms with Gasteiger partial charge in [-0.3, -0.25) is 9.59 Å². The van der Waals surface area contributed by atoms with E-state index in [0.29, 0.717) is 51.9 Å². The van der Waals surface area contributed by atoms with Crippen molar-refractivity contribution in [3.8, 4) is 12.3 Å². The molecule has 0 radical (unpaired) electrons. The second-order valence-electron chi connectivity index (χ2n) is 14.7. The van der Waals surface area contributed by atoms with Crippen LogP contribution in [0.3, 0.4) is 0 Å². The Bertz CT molecular complexity index is 1140. The lowest BCUT2D eigenvalue weighted by Crippen LogP contribution is -2.64. The van der Waals surface area contributed by atoms with Gasteiger partial charge in [0, 0.05) is 45.4 Å². The number of piperazine rings is 1. The molecule has 3 aliphatic heterocycles. The van der Waals surface area contributed by atoms with E-state index >= 15 is 0 Å². The minimum Gasteiger partial charge on any atom is -0.394 e. The number of hydrogen-bond donors (Lipinski definition) is 7. The summed E-state index contributed by atoms with van der Waals surface area (Å²) in [5.74, 6) is 2.75. The van der Waals surface area contributed by atoms with Crippen molar-refractivity contribution in [1.29, 1.82) is 0 Å². The number of allylic oxidation sites excluding steroid dienone is 2. The molecule has 0 spiro atoms. The molecule has 0 aromatic rings. The van der Waals surface area contributed by atoms with Crippen molar-refractivity contribution >= 4 is 11.8 Å². The van der Waals surface area contributed by atoms with Crippen molar-refractivity contribution in [1.82, 2.24) is 9.80 Å². The molecule has 1 unspecified atom stereocenters. The summed E-state index contributed by atoms with van der Waals surface area (Å²) < 4.78 is 22.9. The van der Waals surface area contributed by atoms with Crippen LogP contribution in [0.1, 0.15) is 103 Å². The summed E-state index contributed by atoms with van der Waals surface area (Å²) in [6.07, 6.45) is 8.11. The molecule has 2 amide bonds. The maximum atomic E-state index is 12.5. The number of carbonyl (C=O) groups is 2. The van der Waals surface area contributed by atoms with E-state index < -0.39 is 74.6 Å². The number of nitrogens with zero attached hydrogens (tertiary/aromatic N) is 2. The van der Waals surface area contributed by atoms with E-state index in [-0.39, 0.29) is 17.9 Å². The molecule has 3 saturated heterocycles. The number of hydrogen-bond acceptors (Lipinski definition) is 13. The molecule has 310 valence electrons. The Labute approximate surface area is 320 Å². The van der Waals surface area contributed by atoms with Crippen molar-refractivity contribution in [3.63, 3.8) is 0 Å². The predicted molar refractivity (Wildman–Crippen MR) is 197 cm³/mol. The maximum Gasteiger partial charge on any atom is 0.223 e. The number of rotatable bonds is 23. The first kappa shape index (κ1) is 46.2. The Morgan fingerprint density at radius 1 is 0.704 bits per heavy atom. The highest BCUT2D eigenvalue weighted by molar-refractivity contribution is 5.78. The van der Waals surface area contributed by atoms with E-state index in [1.54, 1.807) is 4.90 Å². The van der Waals surface area contributed by atoms with Crippen LogP contribution >= 0.6 is 0 Å². The zero-order valence-electron chi connectivity index (χ0n) is 31.9. The Balaban J connectivity index is 1.22. The number of amides is 2. The molecule has 3 aliphatic rings. The molecule has 0 aliphatic carbocycles. The fourth-order valence-electron chi connectivity index (χ4n) is 6.99. The monoisotopic (exact) mass is 770 g/mol. The van der Waals surface area contributed by atoms with Gasteiger partial charge < -0.3 is 64.5 Å². The van der Waals surface area contributed by atoms with Crippen LogP contribution in [0.4, 0.5) is 0 Å². The van der Waals surface area contributed by atoms with E-state index in [1.807, 2.05) is 11.8 Å². The van der Waals surface area contributed by atoms with Crippen molar-refractivity contribution in [2.75, 3.05) is 39.4 Å². The Hall–Kier alpha value is -2.20. The molecule has 0 aromatic carbocycles. The number of ether oxygens (including phenoxy) is 4. The van der Waals surface area contributed by atoms with Crippen LogP contribution in [0, 0.1) is 12.3 Å². The minimum atomic E-state index is -1.72. The number of unbranched alkanes of at least 4 members (excludes halogenated alkanes) is 9. The molecule has 0 aromatic heterocycles. The third kappa shape index (κ3) is 14.7. The van der Waals surface area contributed by atoms with Gasteiger partial charge >= 0.3 is 0 Å². The molecule has 7 N–H and O–H groups in total. The van der Waals surface area contributed by atoms with Crippen molar-refractivity contribution in [3.05, 3.63) is 12.2 Å². The third-order valence-electron chi connectivity index (χ3n) is 10.5. The quantitative estimate of drug-likeness (QED) is 0.0434. The lowest BCUT2D eigenvalue weighted by Gasteiger charge is -2.46. The smallest absolute Gasteiger partial charge is 0.223 e. The summed E-state index contributed by atoms with van der Waals surface area (Å²) in [5, 5.41) is 71.0. The number of carbonyl (C=O) groups excluding carboxylic acids is 2. The molecule has 0 saturated carbocycles. The van der Waals surface area contributed by atoms with Crippen LogP contribution < -0.4 is 0 Å². The molecular weight excluding hydrogens is 704 g/mol. The maximum absolute atomic E-state index is 12.5. The predicted octanol–water partition coefficient (Wildman–Crippen LogP) is 0.727. The van der Waals surface area contributed by atoms with Crippen LogP contribution in [0.15, 0.2) is 12.2 Å². The van der Waals surface area contributed by atoms with E-state index in [2.05, 4.69) is 18.1 Å². The van der Waals surface area contributed by atoms with Gasteiger partial charge in [-0.1, -0.05) is 50.7 Å². The molecule has 15 heteroatoms. The van der Waals surface area contributed by atoms with Crippen LogP contribution in [0.2, 0.25) is 0 Å². The fraction of sp³-hybridized carbons (Fsp3) is 0.846. The third-order valence-corrected chi connectivity index (χ3v) is 10.5. The summed E-state index contributed by atoms with van der Waals surface area (Å²) in [4.78, 5) is 28.3. The van der Waals surface area contributed by atoms with E-state index in [0.717, 1.165) is 70.6 Å². The van der Waals surface area contributed by atoms with Gasteiger partial charge in [-0.05, 0) is 45.4 Å². The van der Waals surface area contributed by atoms with Crippen LogP contribution in [0.25, 0.3) is 0 Å². The van der Waals surface area contributed by atoms with Crippen molar-refractivity contribution in [2.45, 2.75) is 171 Å². The molecule has 54 heavy (non-hydrogen) atoms. The van der Waals surface area contributed by atoms with Crippen LogP contribution in [-0.4, -0.2) is 164 Å². The molecule has 3 fully saturated rings. The second-order valence-corrected chi connectivity index (χ2v) is 14.7. The molecule has 3 heterocycles. The first-order valence-electron chi connectivity index (χ1n) is 19.9. The second kappa shape index (κ2) is 25.1. The summed E-state index contributed by atoms with van der Waals surface area (Å²) >= 11 is 0. The summed E-state index contributed by atoms with van der Waals surface area (Å²) in [6.45, 7) is 2.96. The lowest BCUT2D eigenvalue weighted by molar-refractivity contribution is -0.371. The van der Waals surface area contributed by atoms with E-state index in [4.69, 9.17) is 25.4 Å². The number of aliphatic hydroxyl groups excluding tert-OH is 7. The summed E-state index contributed by atoms with van der Waals surface area (Å²) in [5.41, 5.74) is 0. The van der Waals surface area contributed by atoms with Gasteiger partial charge in [0.2, 0.25) is 11.8 Å². The standard InChI is InChI=1S/C39H66N2O13/c1-3-4-19-30(44)40-21-23-41(24-22-40)31(45)20-17-15-13-11-9-7-5-6-8-10-12-14-16-18-27(2)51-39-37(35(49)33(47)29(26-43)53-39)54-38-36(50)34(48)32(46)28(25-42)52-38/h1,5-6,27-29,32-39,42-43,46-50H,4,7-26H2,2H3/b6-5-/t27?,28-,29-,32-,33-,34+,35+,36-,37-,38+,39-/m1/s1. The van der Waals surface area contributed by atoms with Gasteiger partial charge in [0.1, 0.15) is 48.8 Å². The van der Waals surface area contributed by atoms with Crippen LogP contribution in [0.5, 0.6) is 0 Å². The molecule has 0 bridgehead atoms. The van der Waals surface area contributed by atoms with Gasteiger partial charge in [-0.2, -0.15) is 0 Å². The van der Waals surface area contributed by atoms with E-state index in [9.17, 15) is 45.3 Å². The largest absolute Gasteiger partial charge is 0.394 e. The highest BCUT2D eigenvalue weighted by Gasteiger charge is 2.51. The molecule has 11 atom stereocenters. The van der Waals surface area contributed by atoms with Crippen molar-refractivity contribution < 1.29 is 64.3 Å². The summed E-state index contributed by atoms with van der Waals surface area (Å²) in [7, 11) is 0. The normalized spacial score (nSPS) is 31.1. The Morgan fingerprint density at radius 2 is 1.20 bits per heavy atom. The fourth-order valence-corrected chi connectivity index (χ4v) is 6.99.